The summed E-state index contributed by atoms with van der Waals surface area (Å²) in [7, 11) is 0. The van der Waals surface area contributed by atoms with Gasteiger partial charge in [0.1, 0.15) is 0 Å². The Morgan fingerprint density at radius 2 is 2.05 bits per heavy atom. The highest BCUT2D eigenvalue weighted by molar-refractivity contribution is 6.32. The first-order valence-corrected chi connectivity index (χ1v) is 6.62. The summed E-state index contributed by atoms with van der Waals surface area (Å²) in [6, 6.07) is 3.59. The number of hydrogen-bond acceptors (Lipinski definition) is 4. The number of oxazole rings is 1. The van der Waals surface area contributed by atoms with Gasteiger partial charge in [-0.15, -0.1) is 0 Å². The zero-order valence-electron chi connectivity index (χ0n) is 10.7. The fraction of sp³-hybridized carbons (Fsp3) is 0.462. The number of hydrogen-bond donors (Lipinski definition) is 0. The Labute approximate surface area is 115 Å². The average molecular weight is 283 g/mol. The van der Waals surface area contributed by atoms with Gasteiger partial charge in [-0.2, -0.15) is 0 Å². The molecule has 2 aromatic rings. The highest BCUT2D eigenvalue weighted by Gasteiger charge is 2.16. The van der Waals surface area contributed by atoms with E-state index in [9.17, 15) is 4.79 Å². The maximum Gasteiger partial charge on any atom is 0.421 e. The molecule has 1 saturated heterocycles. The fourth-order valence-electron chi connectivity index (χ4n) is 2.26. The quantitative estimate of drug-likeness (QED) is 0.843. The second-order valence-corrected chi connectivity index (χ2v) is 5.14. The van der Waals surface area contributed by atoms with Crippen molar-refractivity contribution in [1.82, 2.24) is 9.47 Å². The number of rotatable bonds is 2. The van der Waals surface area contributed by atoms with Crippen LogP contribution < -0.4 is 5.76 Å². The normalized spacial score (nSPS) is 17.2. The highest BCUT2D eigenvalue weighted by Crippen LogP contribution is 2.23. The van der Waals surface area contributed by atoms with Gasteiger partial charge in [0.05, 0.1) is 25.4 Å². The van der Waals surface area contributed by atoms with Gasteiger partial charge < -0.3 is 9.15 Å². The number of aromatic nitrogens is 1. The third-order valence-electron chi connectivity index (χ3n) is 3.39. The molecule has 1 aliphatic rings. The van der Waals surface area contributed by atoms with E-state index in [1.807, 2.05) is 6.92 Å². The number of aryl methyl sites for hydroxylation is 1. The molecule has 0 N–H and O–H groups in total. The van der Waals surface area contributed by atoms with Crippen molar-refractivity contribution in [2.24, 2.45) is 0 Å². The largest absolute Gasteiger partial charge is 0.421 e. The predicted octanol–water partition coefficient (Wildman–Crippen LogP) is 1.85. The topological polar surface area (TPSA) is 47.6 Å². The van der Waals surface area contributed by atoms with E-state index >= 15 is 0 Å². The number of halogens is 1. The fourth-order valence-corrected chi connectivity index (χ4v) is 2.42. The van der Waals surface area contributed by atoms with Crippen LogP contribution in [0, 0.1) is 6.92 Å². The monoisotopic (exact) mass is 282 g/mol. The molecule has 2 heterocycles. The molecule has 0 unspecified atom stereocenters. The Bertz CT molecular complexity index is 656. The van der Waals surface area contributed by atoms with E-state index in [2.05, 4.69) is 4.90 Å². The first-order valence-electron chi connectivity index (χ1n) is 6.25. The second kappa shape index (κ2) is 5.00. The third kappa shape index (κ3) is 2.41. The van der Waals surface area contributed by atoms with Crippen molar-refractivity contribution < 1.29 is 9.15 Å². The van der Waals surface area contributed by atoms with Gasteiger partial charge in [-0.1, -0.05) is 11.6 Å². The highest BCUT2D eigenvalue weighted by atomic mass is 35.5. The van der Waals surface area contributed by atoms with E-state index in [4.69, 9.17) is 20.8 Å². The number of nitrogens with zero attached hydrogens (tertiary/aromatic N) is 2. The molecule has 0 atom stereocenters. The minimum Gasteiger partial charge on any atom is -0.408 e. The summed E-state index contributed by atoms with van der Waals surface area (Å²) in [5.41, 5.74) is 2.23. The van der Waals surface area contributed by atoms with Gasteiger partial charge in [-0.25, -0.2) is 4.79 Å². The Kier molecular flexibility index (Phi) is 3.35. The molecule has 0 aliphatic carbocycles. The zero-order chi connectivity index (χ0) is 13.4. The smallest absolute Gasteiger partial charge is 0.408 e. The van der Waals surface area contributed by atoms with E-state index in [0.717, 1.165) is 24.2 Å². The lowest BCUT2D eigenvalue weighted by Crippen LogP contribution is -2.39. The molecule has 3 rings (SSSR count). The van der Waals surface area contributed by atoms with Crippen LogP contribution in [0.2, 0.25) is 5.02 Å². The van der Waals surface area contributed by atoms with Gasteiger partial charge in [0, 0.05) is 18.1 Å². The summed E-state index contributed by atoms with van der Waals surface area (Å²) in [4.78, 5) is 14.1. The lowest BCUT2D eigenvalue weighted by molar-refractivity contribution is 0.0230. The average Bonchev–Trinajstić information content (AvgIpc) is 2.68. The summed E-state index contributed by atoms with van der Waals surface area (Å²) in [5.74, 6) is -0.344. The number of fused-ring (bicyclic) bond motifs is 1. The van der Waals surface area contributed by atoms with Crippen LogP contribution in [0.3, 0.4) is 0 Å². The first-order chi connectivity index (χ1) is 9.15. The molecular weight excluding hydrogens is 268 g/mol. The predicted molar refractivity (Wildman–Crippen MR) is 72.6 cm³/mol. The Morgan fingerprint density at radius 3 is 2.79 bits per heavy atom. The SMILES string of the molecule is Cc1cc2oc(=O)n(CN3CCOCC3)c2cc1Cl. The number of morpholine rings is 1. The molecule has 102 valence electrons. The summed E-state index contributed by atoms with van der Waals surface area (Å²) >= 11 is 6.12. The lowest BCUT2D eigenvalue weighted by Gasteiger charge is -2.26. The molecule has 0 spiro atoms. The van der Waals surface area contributed by atoms with Crippen molar-refractivity contribution in [1.29, 1.82) is 0 Å². The van der Waals surface area contributed by atoms with E-state index in [-0.39, 0.29) is 5.76 Å². The maximum atomic E-state index is 11.9. The van der Waals surface area contributed by atoms with Crippen molar-refractivity contribution >= 4 is 22.7 Å². The third-order valence-corrected chi connectivity index (χ3v) is 3.80. The molecule has 1 aliphatic heterocycles. The summed E-state index contributed by atoms with van der Waals surface area (Å²) in [6.45, 7) is 5.43. The van der Waals surface area contributed by atoms with Gasteiger partial charge in [0.25, 0.3) is 0 Å². The standard InChI is InChI=1S/C13H15ClN2O3/c1-9-6-12-11(7-10(9)14)16(13(17)19-12)8-15-2-4-18-5-3-15/h6-7H,2-5,8H2,1H3. The molecule has 19 heavy (non-hydrogen) atoms. The Balaban J connectivity index is 2.00. The summed E-state index contributed by atoms with van der Waals surface area (Å²) < 4.78 is 12.2. The van der Waals surface area contributed by atoms with Crippen LogP contribution in [-0.4, -0.2) is 35.8 Å². The van der Waals surface area contributed by atoms with Crippen LogP contribution in [0.5, 0.6) is 0 Å². The molecule has 0 bridgehead atoms. The Morgan fingerprint density at radius 1 is 1.32 bits per heavy atom. The van der Waals surface area contributed by atoms with Crippen LogP contribution in [0.15, 0.2) is 21.3 Å². The van der Waals surface area contributed by atoms with E-state index in [0.29, 0.717) is 30.5 Å². The summed E-state index contributed by atoms with van der Waals surface area (Å²) in [6.07, 6.45) is 0. The maximum absolute atomic E-state index is 11.9. The van der Waals surface area contributed by atoms with Crippen molar-refractivity contribution in [3.63, 3.8) is 0 Å². The van der Waals surface area contributed by atoms with Gasteiger partial charge in [0.15, 0.2) is 5.58 Å². The van der Waals surface area contributed by atoms with E-state index in [1.54, 1.807) is 16.7 Å². The summed E-state index contributed by atoms with van der Waals surface area (Å²) in [5, 5.41) is 0.643. The van der Waals surface area contributed by atoms with E-state index < -0.39 is 0 Å². The van der Waals surface area contributed by atoms with Crippen LogP contribution >= 0.6 is 11.6 Å². The van der Waals surface area contributed by atoms with Gasteiger partial charge in [0.2, 0.25) is 0 Å². The molecule has 0 amide bonds. The molecule has 0 saturated carbocycles. The molecule has 6 heteroatoms. The van der Waals surface area contributed by atoms with Crippen LogP contribution in [-0.2, 0) is 11.4 Å². The molecule has 5 nitrogen and oxygen atoms in total. The molecule has 1 aromatic carbocycles. The zero-order valence-corrected chi connectivity index (χ0v) is 11.4. The molecule has 1 fully saturated rings. The van der Waals surface area contributed by atoms with Crippen molar-refractivity contribution in [3.8, 4) is 0 Å². The van der Waals surface area contributed by atoms with Crippen molar-refractivity contribution in [2.75, 3.05) is 26.3 Å². The number of benzene rings is 1. The van der Waals surface area contributed by atoms with Crippen LogP contribution in [0.4, 0.5) is 0 Å². The minimum absolute atomic E-state index is 0.344. The second-order valence-electron chi connectivity index (χ2n) is 4.74. The Hall–Kier alpha value is -1.30. The van der Waals surface area contributed by atoms with Crippen LogP contribution in [0.25, 0.3) is 11.1 Å². The first kappa shape index (κ1) is 12.7. The molecule has 1 aromatic heterocycles. The van der Waals surface area contributed by atoms with Crippen LogP contribution in [0.1, 0.15) is 5.56 Å². The molecule has 0 radical (unpaired) electrons. The van der Waals surface area contributed by atoms with E-state index in [1.165, 1.54) is 0 Å². The van der Waals surface area contributed by atoms with Gasteiger partial charge in [-0.05, 0) is 24.6 Å². The van der Waals surface area contributed by atoms with Crippen molar-refractivity contribution in [3.05, 3.63) is 33.3 Å². The number of ether oxygens (including phenoxy) is 1. The minimum atomic E-state index is -0.344. The van der Waals surface area contributed by atoms with Crippen molar-refractivity contribution in [2.45, 2.75) is 13.6 Å². The molecular formula is C13H15ClN2O3. The van der Waals surface area contributed by atoms with Gasteiger partial charge in [-0.3, -0.25) is 9.47 Å². The lowest BCUT2D eigenvalue weighted by atomic mass is 10.2. The van der Waals surface area contributed by atoms with Gasteiger partial charge >= 0.3 is 5.76 Å².